The zero-order valence-electron chi connectivity index (χ0n) is 15.4. The molecule has 0 saturated carbocycles. The molecule has 0 N–H and O–H groups in total. The Balaban J connectivity index is 3.04. The summed E-state index contributed by atoms with van der Waals surface area (Å²) in [6.45, 7) is 2.29. The smallest absolute Gasteiger partial charge is 0.135 e. The van der Waals surface area contributed by atoms with Crippen LogP contribution in [0.15, 0.2) is 0 Å². The van der Waals surface area contributed by atoms with Gasteiger partial charge in [0.05, 0.1) is 0 Å². The first kappa shape index (κ1) is 22.2. The van der Waals surface area contributed by atoms with Gasteiger partial charge in [0.2, 0.25) is 0 Å². The molecule has 1 nitrogen and oxygen atoms in total. The van der Waals surface area contributed by atoms with Crippen molar-refractivity contribution in [2.75, 3.05) is 19.8 Å². The standard InChI is InChI=1S/C19H39NS2/c1-4-5-6-7-8-9-10-11-12-13-14-15-16-17-18-22-19(21)20(2)3/h4-18H2,1-3H3. The summed E-state index contributed by atoms with van der Waals surface area (Å²) >= 11 is 7.09. The van der Waals surface area contributed by atoms with Crippen molar-refractivity contribution in [3.63, 3.8) is 0 Å². The van der Waals surface area contributed by atoms with Crippen LogP contribution in [-0.4, -0.2) is 29.1 Å². The predicted octanol–water partition coefficient (Wildman–Crippen LogP) is 7.05. The molecule has 0 aromatic heterocycles. The van der Waals surface area contributed by atoms with Gasteiger partial charge in [0.15, 0.2) is 0 Å². The second-order valence-electron chi connectivity index (χ2n) is 6.60. The summed E-state index contributed by atoms with van der Waals surface area (Å²) in [5, 5.41) is 0. The Morgan fingerprint density at radius 3 is 1.41 bits per heavy atom. The molecule has 0 aliphatic carbocycles. The van der Waals surface area contributed by atoms with Crippen LogP contribution >= 0.6 is 24.0 Å². The van der Waals surface area contributed by atoms with Gasteiger partial charge < -0.3 is 4.90 Å². The molecule has 0 aliphatic heterocycles. The van der Waals surface area contributed by atoms with E-state index >= 15 is 0 Å². The molecule has 3 heteroatoms. The van der Waals surface area contributed by atoms with Gasteiger partial charge in [-0.1, -0.05) is 114 Å². The molecule has 0 aliphatic rings. The third-order valence-electron chi connectivity index (χ3n) is 4.09. The summed E-state index contributed by atoms with van der Waals surface area (Å²) < 4.78 is 1.02. The molecule has 0 aromatic carbocycles. The zero-order valence-corrected chi connectivity index (χ0v) is 17.0. The Morgan fingerprint density at radius 2 is 1.05 bits per heavy atom. The predicted molar refractivity (Wildman–Crippen MR) is 109 cm³/mol. The van der Waals surface area contributed by atoms with Crippen LogP contribution in [0, 0.1) is 0 Å². The molecule has 0 amide bonds. The average Bonchev–Trinajstić information content (AvgIpc) is 2.50. The van der Waals surface area contributed by atoms with Crippen molar-refractivity contribution in [1.82, 2.24) is 4.90 Å². The molecule has 0 aromatic rings. The van der Waals surface area contributed by atoms with Crippen LogP contribution in [0.5, 0.6) is 0 Å². The van der Waals surface area contributed by atoms with E-state index in [2.05, 4.69) is 6.92 Å². The maximum atomic E-state index is 5.27. The van der Waals surface area contributed by atoms with Gasteiger partial charge in [0, 0.05) is 19.8 Å². The van der Waals surface area contributed by atoms with E-state index in [0.717, 1.165) is 4.32 Å². The molecule has 0 saturated heterocycles. The maximum absolute atomic E-state index is 5.27. The quantitative estimate of drug-likeness (QED) is 0.231. The van der Waals surface area contributed by atoms with Crippen molar-refractivity contribution in [2.24, 2.45) is 0 Å². The Bertz CT molecular complexity index is 242. The van der Waals surface area contributed by atoms with Gasteiger partial charge in [0.1, 0.15) is 4.32 Å². The summed E-state index contributed by atoms with van der Waals surface area (Å²) in [7, 11) is 4.06. The SMILES string of the molecule is CCCCCCCCCCCCCCCCSC(=S)N(C)C. The number of rotatable bonds is 15. The molecular formula is C19H39NS2. The summed E-state index contributed by atoms with van der Waals surface area (Å²) in [4.78, 5) is 2.03. The van der Waals surface area contributed by atoms with Crippen molar-refractivity contribution >= 4 is 28.3 Å². The first-order valence-corrected chi connectivity index (χ1v) is 10.9. The highest BCUT2D eigenvalue weighted by molar-refractivity contribution is 8.22. The Morgan fingerprint density at radius 1 is 0.682 bits per heavy atom. The Labute approximate surface area is 150 Å². The van der Waals surface area contributed by atoms with Crippen LogP contribution in [0.25, 0.3) is 0 Å². The molecular weight excluding hydrogens is 306 g/mol. The van der Waals surface area contributed by atoms with Gasteiger partial charge in [-0.05, 0) is 6.42 Å². The Kier molecular flexibility index (Phi) is 17.8. The molecule has 0 spiro atoms. The third-order valence-corrected chi connectivity index (χ3v) is 5.91. The van der Waals surface area contributed by atoms with Crippen LogP contribution in [0.2, 0.25) is 0 Å². The molecule has 0 heterocycles. The minimum absolute atomic E-state index is 1.02. The molecule has 0 radical (unpaired) electrons. The van der Waals surface area contributed by atoms with Crippen LogP contribution in [-0.2, 0) is 0 Å². The lowest BCUT2D eigenvalue weighted by atomic mass is 10.0. The normalized spacial score (nSPS) is 10.9. The van der Waals surface area contributed by atoms with E-state index in [1.807, 2.05) is 30.8 Å². The van der Waals surface area contributed by atoms with Gasteiger partial charge in [0.25, 0.3) is 0 Å². The molecule has 22 heavy (non-hydrogen) atoms. The van der Waals surface area contributed by atoms with Crippen molar-refractivity contribution in [2.45, 2.75) is 96.8 Å². The van der Waals surface area contributed by atoms with Gasteiger partial charge in [-0.15, -0.1) is 0 Å². The van der Waals surface area contributed by atoms with Gasteiger partial charge >= 0.3 is 0 Å². The minimum Gasteiger partial charge on any atom is -0.364 e. The second-order valence-corrected chi connectivity index (χ2v) is 8.33. The molecule has 132 valence electrons. The zero-order chi connectivity index (χ0) is 16.5. The van der Waals surface area contributed by atoms with Crippen LogP contribution in [0.3, 0.4) is 0 Å². The lowest BCUT2D eigenvalue weighted by molar-refractivity contribution is 0.538. The highest BCUT2D eigenvalue weighted by Gasteiger charge is 1.99. The van der Waals surface area contributed by atoms with Crippen LogP contribution in [0.1, 0.15) is 96.8 Å². The van der Waals surface area contributed by atoms with Gasteiger partial charge in [-0.25, -0.2) is 0 Å². The van der Waals surface area contributed by atoms with Gasteiger partial charge in [-0.3, -0.25) is 0 Å². The van der Waals surface area contributed by atoms with E-state index in [1.165, 1.54) is 95.6 Å². The van der Waals surface area contributed by atoms with Crippen molar-refractivity contribution < 1.29 is 0 Å². The molecule has 0 bridgehead atoms. The van der Waals surface area contributed by atoms with E-state index in [-0.39, 0.29) is 0 Å². The highest BCUT2D eigenvalue weighted by Crippen LogP contribution is 2.14. The summed E-state index contributed by atoms with van der Waals surface area (Å²) in [5.41, 5.74) is 0. The average molecular weight is 346 g/mol. The summed E-state index contributed by atoms with van der Waals surface area (Å²) in [6.07, 6.45) is 20.0. The van der Waals surface area contributed by atoms with Crippen molar-refractivity contribution in [3.8, 4) is 0 Å². The maximum Gasteiger partial charge on any atom is 0.135 e. The van der Waals surface area contributed by atoms with E-state index < -0.39 is 0 Å². The van der Waals surface area contributed by atoms with E-state index in [1.54, 1.807) is 0 Å². The fourth-order valence-electron chi connectivity index (χ4n) is 2.59. The van der Waals surface area contributed by atoms with Crippen LogP contribution in [0.4, 0.5) is 0 Å². The number of hydrogen-bond acceptors (Lipinski definition) is 2. The van der Waals surface area contributed by atoms with Crippen molar-refractivity contribution in [3.05, 3.63) is 0 Å². The molecule has 0 unspecified atom stereocenters. The van der Waals surface area contributed by atoms with E-state index in [4.69, 9.17) is 12.2 Å². The highest BCUT2D eigenvalue weighted by atomic mass is 32.2. The largest absolute Gasteiger partial charge is 0.364 e. The van der Waals surface area contributed by atoms with E-state index in [9.17, 15) is 0 Å². The number of unbranched alkanes of at least 4 members (excludes halogenated alkanes) is 13. The summed E-state index contributed by atoms with van der Waals surface area (Å²) in [5.74, 6) is 1.19. The molecule has 0 atom stereocenters. The molecule has 0 fully saturated rings. The van der Waals surface area contributed by atoms with Crippen molar-refractivity contribution in [1.29, 1.82) is 0 Å². The number of thiocarbonyl (C=S) groups is 1. The molecule has 0 rings (SSSR count). The lowest BCUT2D eigenvalue weighted by Gasteiger charge is -2.12. The fraction of sp³-hybridized carbons (Fsp3) is 0.947. The Hall–Kier alpha value is 0.240. The lowest BCUT2D eigenvalue weighted by Crippen LogP contribution is -2.16. The number of nitrogens with zero attached hydrogens (tertiary/aromatic N) is 1. The number of hydrogen-bond donors (Lipinski definition) is 0. The monoisotopic (exact) mass is 345 g/mol. The third kappa shape index (κ3) is 16.6. The van der Waals surface area contributed by atoms with Gasteiger partial charge in [-0.2, -0.15) is 0 Å². The first-order valence-electron chi connectivity index (χ1n) is 9.52. The summed E-state index contributed by atoms with van der Waals surface area (Å²) in [6, 6.07) is 0. The first-order chi connectivity index (χ1) is 10.7. The second kappa shape index (κ2) is 17.6. The fourth-order valence-corrected chi connectivity index (χ4v) is 3.62. The minimum atomic E-state index is 1.02. The van der Waals surface area contributed by atoms with Crippen LogP contribution < -0.4 is 0 Å². The topological polar surface area (TPSA) is 3.24 Å². The number of thioether (sulfide) groups is 1. The van der Waals surface area contributed by atoms with E-state index in [0.29, 0.717) is 0 Å².